The molecule has 0 spiro atoms. The second-order valence-electron chi connectivity index (χ2n) is 6.73. The number of nitrogens with zero attached hydrogens (tertiary/aromatic N) is 1. The lowest BCUT2D eigenvalue weighted by atomic mass is 9.94. The van der Waals surface area contributed by atoms with Gasteiger partial charge in [-0.15, -0.1) is 0 Å². The first-order chi connectivity index (χ1) is 13.8. The van der Waals surface area contributed by atoms with Crippen molar-refractivity contribution in [1.82, 2.24) is 10.2 Å². The smallest absolute Gasteiger partial charge is 0.231 e. The van der Waals surface area contributed by atoms with Gasteiger partial charge in [0.15, 0.2) is 0 Å². The number of hydrogen-bond donors (Lipinski definition) is 3. The molecule has 4 rings (SSSR count). The van der Waals surface area contributed by atoms with Crippen LogP contribution in [0.2, 0.25) is 0 Å². The number of carbonyl (C=O) groups is 1. The topological polar surface area (TPSA) is 83.8 Å². The molecule has 4 aromatic rings. The SMILES string of the molecule is NCCC(C(=O)Nc1ccc2[nH]nc(-c3ccccc3)c2c1)c1ccccc1. The second-order valence-corrected chi connectivity index (χ2v) is 6.73. The van der Waals surface area contributed by atoms with Crippen molar-refractivity contribution in [2.45, 2.75) is 12.3 Å². The molecule has 5 heteroatoms. The summed E-state index contributed by atoms with van der Waals surface area (Å²) in [5, 5.41) is 11.5. The van der Waals surface area contributed by atoms with Gasteiger partial charge in [-0.3, -0.25) is 9.89 Å². The molecule has 1 aromatic heterocycles. The average molecular weight is 370 g/mol. The van der Waals surface area contributed by atoms with Gasteiger partial charge in [-0.05, 0) is 36.7 Å². The Morgan fingerprint density at radius 2 is 1.71 bits per heavy atom. The van der Waals surface area contributed by atoms with Crippen LogP contribution in [0.3, 0.4) is 0 Å². The van der Waals surface area contributed by atoms with Crippen LogP contribution in [0.1, 0.15) is 17.9 Å². The highest BCUT2D eigenvalue weighted by atomic mass is 16.1. The lowest BCUT2D eigenvalue weighted by Crippen LogP contribution is -2.23. The van der Waals surface area contributed by atoms with Gasteiger partial charge < -0.3 is 11.1 Å². The summed E-state index contributed by atoms with van der Waals surface area (Å²) >= 11 is 0. The highest BCUT2D eigenvalue weighted by Gasteiger charge is 2.20. The number of aromatic nitrogens is 2. The quantitative estimate of drug-likeness (QED) is 0.473. The van der Waals surface area contributed by atoms with E-state index in [0.717, 1.165) is 33.4 Å². The number of H-pyrrole nitrogens is 1. The van der Waals surface area contributed by atoms with E-state index in [2.05, 4.69) is 15.5 Å². The number of hydrogen-bond acceptors (Lipinski definition) is 3. The second kappa shape index (κ2) is 8.06. The molecule has 1 unspecified atom stereocenters. The van der Waals surface area contributed by atoms with Crippen molar-refractivity contribution in [2.75, 3.05) is 11.9 Å². The van der Waals surface area contributed by atoms with Gasteiger partial charge in [0.25, 0.3) is 0 Å². The van der Waals surface area contributed by atoms with Gasteiger partial charge in [0.05, 0.1) is 17.1 Å². The predicted molar refractivity (Wildman–Crippen MR) is 113 cm³/mol. The Morgan fingerprint density at radius 3 is 2.43 bits per heavy atom. The monoisotopic (exact) mass is 370 g/mol. The summed E-state index contributed by atoms with van der Waals surface area (Å²) in [6, 6.07) is 25.5. The standard InChI is InChI=1S/C23H22N4O/c24-14-13-19(16-7-3-1-4-8-16)23(28)25-18-11-12-21-20(15-18)22(27-26-21)17-9-5-2-6-10-17/h1-12,15,19H,13-14,24H2,(H,25,28)(H,26,27). The van der Waals surface area contributed by atoms with Gasteiger partial charge in [-0.1, -0.05) is 60.7 Å². The third-order valence-corrected chi connectivity index (χ3v) is 4.85. The molecular weight excluding hydrogens is 348 g/mol. The number of aromatic amines is 1. The fourth-order valence-corrected chi connectivity index (χ4v) is 3.44. The summed E-state index contributed by atoms with van der Waals surface area (Å²) in [5.74, 6) is -0.333. The van der Waals surface area contributed by atoms with E-state index in [0.29, 0.717) is 13.0 Å². The lowest BCUT2D eigenvalue weighted by molar-refractivity contribution is -0.117. The molecule has 0 radical (unpaired) electrons. The molecule has 0 saturated heterocycles. The van der Waals surface area contributed by atoms with Gasteiger partial charge >= 0.3 is 0 Å². The minimum Gasteiger partial charge on any atom is -0.330 e. The minimum absolute atomic E-state index is 0.0549. The highest BCUT2D eigenvalue weighted by molar-refractivity contribution is 6.00. The Morgan fingerprint density at radius 1 is 1.00 bits per heavy atom. The Hall–Kier alpha value is -3.44. The zero-order chi connectivity index (χ0) is 19.3. The summed E-state index contributed by atoms with van der Waals surface area (Å²) in [6.45, 7) is 0.450. The normalized spacial score (nSPS) is 12.0. The highest BCUT2D eigenvalue weighted by Crippen LogP contribution is 2.29. The van der Waals surface area contributed by atoms with Crippen molar-refractivity contribution in [2.24, 2.45) is 5.73 Å². The van der Waals surface area contributed by atoms with Gasteiger partial charge in [-0.2, -0.15) is 5.10 Å². The van der Waals surface area contributed by atoms with E-state index in [1.54, 1.807) is 0 Å². The molecule has 1 heterocycles. The third kappa shape index (κ3) is 3.66. The number of amides is 1. The van der Waals surface area contributed by atoms with Gasteiger partial charge in [0.2, 0.25) is 5.91 Å². The van der Waals surface area contributed by atoms with Crippen LogP contribution in [-0.4, -0.2) is 22.6 Å². The molecule has 140 valence electrons. The Balaban J connectivity index is 1.63. The van der Waals surface area contributed by atoms with Crippen molar-refractivity contribution in [3.63, 3.8) is 0 Å². The van der Waals surface area contributed by atoms with Crippen LogP contribution < -0.4 is 11.1 Å². The Labute approximate surface area is 163 Å². The van der Waals surface area contributed by atoms with Crippen LogP contribution >= 0.6 is 0 Å². The van der Waals surface area contributed by atoms with Crippen LogP contribution in [-0.2, 0) is 4.79 Å². The number of benzene rings is 3. The number of anilines is 1. The molecule has 0 aliphatic heterocycles. The molecule has 28 heavy (non-hydrogen) atoms. The van der Waals surface area contributed by atoms with E-state index in [9.17, 15) is 4.79 Å². The van der Waals surface area contributed by atoms with Crippen molar-refractivity contribution in [3.05, 3.63) is 84.4 Å². The van der Waals surface area contributed by atoms with E-state index in [-0.39, 0.29) is 11.8 Å². The third-order valence-electron chi connectivity index (χ3n) is 4.85. The van der Waals surface area contributed by atoms with Crippen molar-refractivity contribution in [1.29, 1.82) is 0 Å². The zero-order valence-electron chi connectivity index (χ0n) is 15.4. The van der Waals surface area contributed by atoms with E-state index in [4.69, 9.17) is 5.73 Å². The maximum atomic E-state index is 12.9. The van der Waals surface area contributed by atoms with Crippen LogP contribution in [0.25, 0.3) is 22.2 Å². The summed E-state index contributed by atoms with van der Waals surface area (Å²) in [7, 11) is 0. The number of carbonyl (C=O) groups excluding carboxylic acids is 1. The number of fused-ring (bicyclic) bond motifs is 1. The summed E-state index contributed by atoms with van der Waals surface area (Å²) < 4.78 is 0. The van der Waals surface area contributed by atoms with Crippen LogP contribution in [0, 0.1) is 0 Å². The molecule has 0 bridgehead atoms. The van der Waals surface area contributed by atoms with Crippen molar-refractivity contribution >= 4 is 22.5 Å². The Bertz CT molecular complexity index is 1070. The summed E-state index contributed by atoms with van der Waals surface area (Å²) in [4.78, 5) is 12.9. The number of nitrogens with one attached hydrogen (secondary N) is 2. The van der Waals surface area contributed by atoms with Crippen LogP contribution in [0.4, 0.5) is 5.69 Å². The lowest BCUT2D eigenvalue weighted by Gasteiger charge is -2.16. The minimum atomic E-state index is -0.278. The molecule has 1 amide bonds. The average Bonchev–Trinajstić information content (AvgIpc) is 3.16. The van der Waals surface area contributed by atoms with E-state index >= 15 is 0 Å². The molecular formula is C23H22N4O. The summed E-state index contributed by atoms with van der Waals surface area (Å²) in [6.07, 6.45) is 0.596. The molecule has 4 N–H and O–H groups in total. The van der Waals surface area contributed by atoms with E-state index in [1.165, 1.54) is 0 Å². The van der Waals surface area contributed by atoms with Crippen molar-refractivity contribution < 1.29 is 4.79 Å². The van der Waals surface area contributed by atoms with Crippen LogP contribution in [0.5, 0.6) is 0 Å². The zero-order valence-corrected chi connectivity index (χ0v) is 15.4. The first kappa shape index (κ1) is 17.9. The fraction of sp³-hybridized carbons (Fsp3) is 0.130. The predicted octanol–water partition coefficient (Wildman–Crippen LogP) is 4.30. The van der Waals surface area contributed by atoms with Gasteiger partial charge in [0.1, 0.15) is 0 Å². The summed E-state index contributed by atoms with van der Waals surface area (Å²) in [5.41, 5.74) is 10.3. The maximum Gasteiger partial charge on any atom is 0.231 e. The fourth-order valence-electron chi connectivity index (χ4n) is 3.44. The molecule has 0 aliphatic rings. The van der Waals surface area contributed by atoms with Crippen molar-refractivity contribution in [3.8, 4) is 11.3 Å². The molecule has 0 saturated carbocycles. The largest absolute Gasteiger partial charge is 0.330 e. The molecule has 5 nitrogen and oxygen atoms in total. The van der Waals surface area contributed by atoms with E-state index in [1.807, 2.05) is 78.9 Å². The Kier molecular flexibility index (Phi) is 5.17. The molecule has 3 aromatic carbocycles. The first-order valence-corrected chi connectivity index (χ1v) is 9.35. The molecule has 0 fully saturated rings. The molecule has 0 aliphatic carbocycles. The van der Waals surface area contributed by atoms with Gasteiger partial charge in [0, 0.05) is 16.6 Å². The van der Waals surface area contributed by atoms with E-state index < -0.39 is 0 Å². The van der Waals surface area contributed by atoms with Gasteiger partial charge in [-0.25, -0.2) is 0 Å². The first-order valence-electron chi connectivity index (χ1n) is 9.35. The van der Waals surface area contributed by atoms with Crippen LogP contribution in [0.15, 0.2) is 78.9 Å². The number of nitrogens with two attached hydrogens (primary N) is 1. The maximum absolute atomic E-state index is 12.9. The number of rotatable bonds is 6. The molecule has 1 atom stereocenters.